The Balaban J connectivity index is 0.000000381. The number of hydrogen-bond acceptors (Lipinski definition) is 6. The molecule has 2 unspecified atom stereocenters. The van der Waals surface area contributed by atoms with Crippen molar-refractivity contribution < 1.29 is 29.6 Å². The van der Waals surface area contributed by atoms with Gasteiger partial charge in [-0.15, -0.1) is 5.10 Å². The van der Waals surface area contributed by atoms with E-state index in [4.69, 9.17) is 8.42 Å². The van der Waals surface area contributed by atoms with Gasteiger partial charge in [0.1, 0.15) is 0 Å². The molecule has 1 fully saturated rings. The van der Waals surface area contributed by atoms with Gasteiger partial charge in [-0.05, 0) is 12.8 Å². The topological polar surface area (TPSA) is 110 Å². The first kappa shape index (κ1) is 22.7. The highest BCUT2D eigenvalue weighted by Crippen LogP contribution is 2.30. The van der Waals surface area contributed by atoms with Crippen LogP contribution in [0, 0.1) is 17.9 Å². The van der Waals surface area contributed by atoms with Gasteiger partial charge in [0.25, 0.3) is 0 Å². The largest absolute Gasteiger partial charge is 0.370 e. The van der Waals surface area contributed by atoms with Crippen LogP contribution in [0.3, 0.4) is 0 Å². The van der Waals surface area contributed by atoms with E-state index in [0.717, 1.165) is 11.8 Å². The number of quaternary nitrogens is 1. The van der Waals surface area contributed by atoms with Gasteiger partial charge in [0, 0.05) is 11.8 Å². The average Bonchev–Trinajstić information content (AvgIpc) is 3.02. The van der Waals surface area contributed by atoms with Crippen molar-refractivity contribution in [2.45, 2.75) is 31.8 Å². The summed E-state index contributed by atoms with van der Waals surface area (Å²) < 4.78 is 61.2. The van der Waals surface area contributed by atoms with Gasteiger partial charge in [0.15, 0.2) is 0 Å². The van der Waals surface area contributed by atoms with E-state index in [0.29, 0.717) is 0 Å². The Morgan fingerprint density at radius 1 is 1.21 bits per heavy atom. The van der Waals surface area contributed by atoms with Gasteiger partial charge in [0.05, 0.1) is 27.2 Å². The Labute approximate surface area is 144 Å². The predicted molar refractivity (Wildman–Crippen MR) is 83.0 cm³/mol. The smallest absolute Gasteiger partial charge is 0.328 e. The van der Waals surface area contributed by atoms with E-state index in [9.17, 15) is 16.7 Å². The molecule has 0 spiro atoms. The fraction of sp³-hybridized carbons (Fsp3) is 0.833. The molecule has 2 rings (SSSR count). The van der Waals surface area contributed by atoms with Crippen molar-refractivity contribution in [2.75, 3.05) is 27.2 Å². The first-order valence-electron chi connectivity index (χ1n) is 7.27. The van der Waals surface area contributed by atoms with Gasteiger partial charge >= 0.3 is 33.0 Å². The Morgan fingerprint density at radius 2 is 1.62 bits per heavy atom. The minimum absolute atomic E-state index is 0.750. The number of hydrogen-bond donors (Lipinski definition) is 1. The van der Waals surface area contributed by atoms with Gasteiger partial charge < -0.3 is 4.48 Å². The molecule has 12 heteroatoms. The van der Waals surface area contributed by atoms with E-state index in [1.54, 1.807) is 0 Å². The van der Waals surface area contributed by atoms with Crippen LogP contribution in [0.4, 0.5) is 8.28 Å². The zero-order valence-electron chi connectivity index (χ0n) is 14.0. The number of halogens is 2. The summed E-state index contributed by atoms with van der Waals surface area (Å²) in [6.45, 7) is 7.46. The molecule has 1 saturated heterocycles. The number of aromatic amines is 1. The fourth-order valence-electron chi connectivity index (χ4n) is 2.90. The molecule has 2 heterocycles. The highest BCUT2D eigenvalue weighted by atomic mass is 32.3. The average molecular weight is 389 g/mol. The number of likely N-dealkylation sites (tertiary alicyclic amines) is 1. The van der Waals surface area contributed by atoms with Gasteiger partial charge in [-0.1, -0.05) is 17.7 Å². The Bertz CT molecular complexity index is 631. The molecule has 2 atom stereocenters. The third-order valence-corrected chi connectivity index (χ3v) is 4.45. The molecule has 24 heavy (non-hydrogen) atoms. The second-order valence-electron chi connectivity index (χ2n) is 6.05. The predicted octanol–water partition coefficient (Wildman–Crippen LogP) is 1.06. The standard InChI is InChI=1S/C10H22N.C2HF2N3O2S.O2S/c1-5-9-7-11(3,4)8-10(9)6-2;3-1-5-2(7-6-1)10(4,8)9;1-3-2/h9-10H,5-8H2,1-4H3;(H,5,6,7);/q+1;;. The third-order valence-electron chi connectivity index (χ3n) is 3.83. The molecular weight excluding hydrogens is 366 g/mol. The number of nitrogens with one attached hydrogen (secondary N) is 1. The molecule has 0 bridgehead atoms. The van der Waals surface area contributed by atoms with Gasteiger partial charge in [-0.25, -0.2) is 5.10 Å². The minimum Gasteiger partial charge on any atom is -0.328 e. The molecule has 1 aromatic heterocycles. The number of aromatic nitrogens is 3. The van der Waals surface area contributed by atoms with E-state index in [2.05, 4.69) is 38.0 Å². The van der Waals surface area contributed by atoms with Crippen LogP contribution in [0.2, 0.25) is 0 Å². The lowest BCUT2D eigenvalue weighted by molar-refractivity contribution is -0.880. The number of H-pyrrole nitrogens is 1. The van der Waals surface area contributed by atoms with Crippen molar-refractivity contribution in [3.63, 3.8) is 0 Å². The van der Waals surface area contributed by atoms with Crippen molar-refractivity contribution in [1.29, 1.82) is 0 Å². The second kappa shape index (κ2) is 9.89. The maximum absolute atomic E-state index is 11.8. The van der Waals surface area contributed by atoms with Crippen LogP contribution in [0.25, 0.3) is 0 Å². The summed E-state index contributed by atoms with van der Waals surface area (Å²) in [4.78, 5) is 2.59. The normalized spacial score (nSPS) is 21.9. The van der Waals surface area contributed by atoms with Gasteiger partial charge in [-0.2, -0.15) is 26.2 Å². The summed E-state index contributed by atoms with van der Waals surface area (Å²) in [5.74, 6) is 1.99. The summed E-state index contributed by atoms with van der Waals surface area (Å²) in [5.41, 5.74) is 0. The van der Waals surface area contributed by atoms with Gasteiger partial charge in [0.2, 0.25) is 0 Å². The summed E-state index contributed by atoms with van der Waals surface area (Å²) in [6.07, 6.45) is 1.51. The van der Waals surface area contributed by atoms with Crippen molar-refractivity contribution in [3.05, 3.63) is 6.08 Å². The van der Waals surface area contributed by atoms with E-state index < -0.39 is 33.0 Å². The quantitative estimate of drug-likeness (QED) is 0.611. The lowest BCUT2D eigenvalue weighted by Crippen LogP contribution is -2.36. The van der Waals surface area contributed by atoms with Crippen LogP contribution in [-0.2, 0) is 21.8 Å². The van der Waals surface area contributed by atoms with Crippen LogP contribution < -0.4 is 0 Å². The van der Waals surface area contributed by atoms with Crippen molar-refractivity contribution in [1.82, 2.24) is 15.2 Å². The molecule has 1 aliphatic heterocycles. The van der Waals surface area contributed by atoms with E-state index in [-0.39, 0.29) is 0 Å². The lowest BCUT2D eigenvalue weighted by Gasteiger charge is -2.23. The summed E-state index contributed by atoms with van der Waals surface area (Å²) in [6, 6.07) is 0. The van der Waals surface area contributed by atoms with Crippen LogP contribution in [0.1, 0.15) is 26.7 Å². The third kappa shape index (κ3) is 8.02. The molecule has 0 saturated carbocycles. The van der Waals surface area contributed by atoms with E-state index >= 15 is 0 Å². The SMILES string of the molecule is CCC1C[N+](C)(C)CC1CC.O=S(=O)(F)c1n[nH]c(F)n1.O=S=O. The van der Waals surface area contributed by atoms with Crippen molar-refractivity contribution >= 4 is 21.8 Å². The van der Waals surface area contributed by atoms with Crippen LogP contribution in [0.5, 0.6) is 0 Å². The zero-order chi connectivity index (χ0) is 19.0. The molecule has 1 aliphatic rings. The summed E-state index contributed by atoms with van der Waals surface area (Å²) in [5, 5.41) is 3.05. The Kier molecular flexibility index (Phi) is 9.37. The number of rotatable bonds is 3. The molecule has 0 aliphatic carbocycles. The molecule has 8 nitrogen and oxygen atoms in total. The molecule has 0 aromatic carbocycles. The highest BCUT2D eigenvalue weighted by Gasteiger charge is 2.37. The van der Waals surface area contributed by atoms with Crippen LogP contribution in [0.15, 0.2) is 5.16 Å². The van der Waals surface area contributed by atoms with Crippen molar-refractivity contribution in [3.8, 4) is 0 Å². The maximum Gasteiger partial charge on any atom is 0.370 e. The molecular formula is C12H23F2N4O4S2+. The second-order valence-corrected chi connectivity index (χ2v) is 7.43. The Morgan fingerprint density at radius 3 is 1.83 bits per heavy atom. The first-order valence-corrected chi connectivity index (χ1v) is 9.32. The molecule has 0 radical (unpaired) electrons. The van der Waals surface area contributed by atoms with Crippen LogP contribution in [-0.4, -0.2) is 63.7 Å². The monoisotopic (exact) mass is 389 g/mol. The zero-order valence-corrected chi connectivity index (χ0v) is 15.7. The molecule has 0 amide bonds. The van der Waals surface area contributed by atoms with Crippen LogP contribution >= 0.6 is 0 Å². The first-order chi connectivity index (χ1) is 11.0. The summed E-state index contributed by atoms with van der Waals surface area (Å²) in [7, 11) is -0.257. The van der Waals surface area contributed by atoms with Crippen molar-refractivity contribution in [2.24, 2.45) is 11.8 Å². The van der Waals surface area contributed by atoms with E-state index in [1.807, 2.05) is 0 Å². The fourth-order valence-corrected chi connectivity index (χ4v) is 3.25. The van der Waals surface area contributed by atoms with E-state index in [1.165, 1.54) is 35.5 Å². The number of nitrogens with zero attached hydrogens (tertiary/aromatic N) is 3. The minimum atomic E-state index is -4.98. The molecule has 1 aromatic rings. The highest BCUT2D eigenvalue weighted by molar-refractivity contribution is 7.86. The lowest BCUT2D eigenvalue weighted by atomic mass is 9.92. The maximum atomic E-state index is 11.8. The van der Waals surface area contributed by atoms with Gasteiger partial charge in [-0.3, -0.25) is 0 Å². The Hall–Kier alpha value is -1.27. The molecule has 1 N–H and O–H groups in total. The molecule has 140 valence electrons. The summed E-state index contributed by atoms with van der Waals surface area (Å²) >= 11 is -0.750.